The van der Waals surface area contributed by atoms with Crippen molar-refractivity contribution in [2.45, 2.75) is 0 Å². The van der Waals surface area contributed by atoms with Gasteiger partial charge in [0.15, 0.2) is 5.36 Å². The van der Waals surface area contributed by atoms with E-state index in [0.29, 0.717) is 10.9 Å². The number of fused-ring (bicyclic) bond motifs is 2. The van der Waals surface area contributed by atoms with Crippen LogP contribution in [0, 0.1) is 0 Å². The molecule has 1 aromatic carbocycles. The van der Waals surface area contributed by atoms with Gasteiger partial charge in [0, 0.05) is 17.8 Å². The van der Waals surface area contributed by atoms with Crippen LogP contribution in [0.5, 0.6) is 5.75 Å². The third kappa shape index (κ3) is 2.02. The highest BCUT2D eigenvalue weighted by Gasteiger charge is 2.15. The molecule has 0 saturated carbocycles. The summed E-state index contributed by atoms with van der Waals surface area (Å²) < 4.78 is 7.45. The molecule has 0 aliphatic carbocycles. The van der Waals surface area contributed by atoms with Crippen LogP contribution in [-0.2, 0) is 9.63 Å². The minimum absolute atomic E-state index is 0.493. The van der Waals surface area contributed by atoms with E-state index in [1.807, 2.05) is 40.9 Å². The van der Waals surface area contributed by atoms with Gasteiger partial charge in [-0.25, -0.2) is 4.79 Å². The van der Waals surface area contributed by atoms with Crippen molar-refractivity contribution in [3.05, 3.63) is 48.1 Å². The molecule has 4 rings (SSSR count). The third-order valence-corrected chi connectivity index (χ3v) is 3.89. The van der Waals surface area contributed by atoms with Gasteiger partial charge in [-0.05, 0) is 29.7 Å². The summed E-state index contributed by atoms with van der Waals surface area (Å²) >= 11 is 0. The number of ether oxygens (including phenoxy) is 1. The Bertz CT molecular complexity index is 1130. The number of nitrogens with zero attached hydrogens (tertiary/aromatic N) is 3. The van der Waals surface area contributed by atoms with E-state index in [-0.39, 0.29) is 0 Å². The number of carboxylic acid groups (broad SMARTS) is 1. The fourth-order valence-electron chi connectivity index (χ4n) is 2.95. The maximum absolute atomic E-state index is 10.7. The molecule has 1 N–H and O–H groups in total. The first-order valence-corrected chi connectivity index (χ1v) is 7.26. The number of hydrogen-bond donors (Lipinski definition) is 1. The molecule has 0 amide bonds. The van der Waals surface area contributed by atoms with Crippen LogP contribution < -0.4 is 10.1 Å². The molecule has 0 saturated heterocycles. The Morgan fingerprint density at radius 3 is 3.00 bits per heavy atom. The van der Waals surface area contributed by atoms with E-state index in [9.17, 15) is 4.79 Å². The van der Waals surface area contributed by atoms with Gasteiger partial charge in [-0.2, -0.15) is 0 Å². The molecule has 7 heteroatoms. The molecule has 0 atom stereocenters. The number of aromatic nitrogens is 2. The Morgan fingerprint density at radius 1 is 1.33 bits per heavy atom. The van der Waals surface area contributed by atoms with Crippen LogP contribution in [0.2, 0.25) is 0 Å². The van der Waals surface area contributed by atoms with Crippen LogP contribution in [0.1, 0.15) is 0 Å². The molecule has 0 radical (unpaired) electrons. The Morgan fingerprint density at radius 2 is 2.21 bits per heavy atom. The third-order valence-electron chi connectivity index (χ3n) is 3.89. The average Bonchev–Trinajstić information content (AvgIpc) is 3.06. The molecular formula is C17H13N3O4. The van der Waals surface area contributed by atoms with E-state index in [1.165, 1.54) is 0 Å². The molecule has 3 aromatic heterocycles. The van der Waals surface area contributed by atoms with E-state index < -0.39 is 12.6 Å². The SMILES string of the molecule is COc1ccc2ccnc3/c(=N/OCC(=O)O)c4cccn4c1c23. The summed E-state index contributed by atoms with van der Waals surface area (Å²) in [4.78, 5) is 20.1. The molecule has 0 aliphatic heterocycles. The zero-order chi connectivity index (χ0) is 16.7. The number of carboxylic acids is 1. The van der Waals surface area contributed by atoms with Crippen LogP contribution in [0.3, 0.4) is 0 Å². The first-order valence-electron chi connectivity index (χ1n) is 7.26. The van der Waals surface area contributed by atoms with Crippen molar-refractivity contribution < 1.29 is 19.5 Å². The maximum Gasteiger partial charge on any atom is 0.344 e. The molecule has 0 aliphatic rings. The first-order chi connectivity index (χ1) is 11.7. The smallest absolute Gasteiger partial charge is 0.344 e. The molecule has 4 aromatic rings. The Hall–Kier alpha value is -3.35. The predicted octanol–water partition coefficient (Wildman–Crippen LogP) is 2.00. The zero-order valence-corrected chi connectivity index (χ0v) is 12.8. The number of rotatable bonds is 4. The lowest BCUT2D eigenvalue weighted by Crippen LogP contribution is -2.13. The van der Waals surface area contributed by atoms with Crippen LogP contribution in [-0.4, -0.2) is 34.2 Å². The molecular weight excluding hydrogens is 310 g/mol. The number of methoxy groups -OCH3 is 1. The minimum Gasteiger partial charge on any atom is -0.495 e. The standard InChI is InChI=1S/C17H13N3O4/c1-23-12-5-4-10-6-7-18-16-14(10)17(12)20-8-2-3-11(20)15(16)19-24-9-13(21)22/h2-8H,9H2,1H3,(H,21,22)/b19-15+. The number of pyridine rings is 2. The molecule has 7 nitrogen and oxygen atoms in total. The lowest BCUT2D eigenvalue weighted by molar-refractivity contribution is -0.142. The number of aliphatic carboxylic acids is 1. The Kier molecular flexibility index (Phi) is 3.19. The van der Waals surface area contributed by atoms with Crippen molar-refractivity contribution >= 4 is 33.3 Å². The maximum atomic E-state index is 10.7. The van der Waals surface area contributed by atoms with E-state index in [1.54, 1.807) is 13.3 Å². The topological polar surface area (TPSA) is 85.4 Å². The fraction of sp³-hybridized carbons (Fsp3) is 0.118. The van der Waals surface area contributed by atoms with Gasteiger partial charge in [-0.15, -0.1) is 0 Å². The van der Waals surface area contributed by atoms with Gasteiger partial charge in [-0.1, -0.05) is 11.2 Å². The van der Waals surface area contributed by atoms with Gasteiger partial charge in [0.25, 0.3) is 0 Å². The second kappa shape index (κ2) is 5.38. The first kappa shape index (κ1) is 14.3. The van der Waals surface area contributed by atoms with Gasteiger partial charge >= 0.3 is 5.97 Å². The van der Waals surface area contributed by atoms with Crippen LogP contribution in [0.15, 0.2) is 47.9 Å². The van der Waals surface area contributed by atoms with Crippen LogP contribution >= 0.6 is 0 Å². The molecule has 120 valence electrons. The Balaban J connectivity index is 2.18. The van der Waals surface area contributed by atoms with Crippen molar-refractivity contribution in [1.82, 2.24) is 9.38 Å². The van der Waals surface area contributed by atoms with Crippen molar-refractivity contribution in [2.75, 3.05) is 13.7 Å². The van der Waals surface area contributed by atoms with Gasteiger partial charge in [0.1, 0.15) is 11.3 Å². The van der Waals surface area contributed by atoms with Gasteiger partial charge in [0.2, 0.25) is 6.61 Å². The van der Waals surface area contributed by atoms with E-state index in [4.69, 9.17) is 14.7 Å². The number of carbonyl (C=O) groups is 1. The van der Waals surface area contributed by atoms with Crippen molar-refractivity contribution in [3.8, 4) is 5.75 Å². The van der Waals surface area contributed by atoms with Gasteiger partial charge in [0.05, 0.1) is 18.1 Å². The predicted molar refractivity (Wildman–Crippen MR) is 87.1 cm³/mol. The summed E-state index contributed by atoms with van der Waals surface area (Å²) in [7, 11) is 1.62. The molecule has 0 unspecified atom stereocenters. The largest absolute Gasteiger partial charge is 0.495 e. The highest BCUT2D eigenvalue weighted by Crippen LogP contribution is 2.31. The quantitative estimate of drug-likeness (QED) is 0.581. The van der Waals surface area contributed by atoms with Gasteiger partial charge < -0.3 is 19.1 Å². The van der Waals surface area contributed by atoms with Crippen LogP contribution in [0.4, 0.5) is 0 Å². The number of hydrogen-bond acceptors (Lipinski definition) is 5. The van der Waals surface area contributed by atoms with E-state index >= 15 is 0 Å². The summed E-state index contributed by atoms with van der Waals surface area (Å²) in [5.41, 5.74) is 2.28. The zero-order valence-electron chi connectivity index (χ0n) is 12.8. The fourth-order valence-corrected chi connectivity index (χ4v) is 2.95. The molecule has 0 bridgehead atoms. The number of benzene rings is 1. The van der Waals surface area contributed by atoms with Gasteiger partial charge in [-0.3, -0.25) is 4.98 Å². The Labute approximate surface area is 135 Å². The van der Waals surface area contributed by atoms with Crippen molar-refractivity contribution in [2.24, 2.45) is 5.16 Å². The lowest BCUT2D eigenvalue weighted by Gasteiger charge is -2.12. The second-order valence-electron chi connectivity index (χ2n) is 5.24. The summed E-state index contributed by atoms with van der Waals surface area (Å²) in [6.45, 7) is -0.509. The molecule has 0 spiro atoms. The highest BCUT2D eigenvalue weighted by molar-refractivity contribution is 6.10. The highest BCUT2D eigenvalue weighted by atomic mass is 16.6. The van der Waals surface area contributed by atoms with E-state index in [0.717, 1.165) is 27.6 Å². The monoisotopic (exact) mass is 323 g/mol. The second-order valence-corrected chi connectivity index (χ2v) is 5.24. The molecule has 24 heavy (non-hydrogen) atoms. The molecule has 0 fully saturated rings. The van der Waals surface area contributed by atoms with E-state index in [2.05, 4.69) is 10.1 Å². The lowest BCUT2D eigenvalue weighted by atomic mass is 10.1. The summed E-state index contributed by atoms with van der Waals surface area (Å²) in [6, 6.07) is 9.53. The molecule has 3 heterocycles. The normalized spacial score (nSPS) is 12.3. The average molecular weight is 323 g/mol. The minimum atomic E-state index is -1.08. The van der Waals surface area contributed by atoms with Crippen molar-refractivity contribution in [3.63, 3.8) is 0 Å². The van der Waals surface area contributed by atoms with Crippen LogP contribution in [0.25, 0.3) is 27.3 Å². The van der Waals surface area contributed by atoms with Crippen molar-refractivity contribution in [1.29, 1.82) is 0 Å². The summed E-state index contributed by atoms with van der Waals surface area (Å²) in [6.07, 6.45) is 3.59. The summed E-state index contributed by atoms with van der Waals surface area (Å²) in [5, 5.41) is 15.1. The summed E-state index contributed by atoms with van der Waals surface area (Å²) in [5.74, 6) is -0.363.